The van der Waals surface area contributed by atoms with Crippen molar-refractivity contribution in [3.63, 3.8) is 0 Å². The van der Waals surface area contributed by atoms with Crippen LogP contribution in [0.1, 0.15) is 149 Å². The normalized spacial score (nSPS) is 12.4. The number of methoxy groups -OCH3 is 1. The zero-order valence-electron chi connectivity index (χ0n) is 40.1. The molecule has 0 saturated heterocycles. The van der Waals surface area contributed by atoms with Crippen LogP contribution in [0.15, 0.2) is 42.5 Å². The lowest BCUT2D eigenvalue weighted by molar-refractivity contribution is -1.01. The number of quaternary nitrogens is 1. The highest BCUT2D eigenvalue weighted by Gasteiger charge is 2.53. The SMILES string of the molecule is CCCCCCCC[N+](CCCCCCCC)(CCCCCCCC)C(C)(OC)c1c(OB(Oc2cc(F)c(F)c(F)c2)Oc2cc(F)c(F)c(F)c2)cc(F)c(F)c1F.Fc1c[c-]cc(F)c1F. The maximum absolute atomic E-state index is 16.8. The zero-order chi connectivity index (χ0) is 51.1. The lowest BCUT2D eigenvalue weighted by atomic mass is 9.93. The van der Waals surface area contributed by atoms with Gasteiger partial charge in [-0.1, -0.05) is 97.8 Å². The maximum Gasteiger partial charge on any atom is 0.864 e. The maximum atomic E-state index is 16.8. The van der Waals surface area contributed by atoms with Crippen molar-refractivity contribution in [3.8, 4) is 17.2 Å². The summed E-state index contributed by atoms with van der Waals surface area (Å²) in [5, 5.41) is 0. The Balaban J connectivity index is 0.00000125. The van der Waals surface area contributed by atoms with Crippen LogP contribution < -0.4 is 14.0 Å². The molecule has 0 aliphatic heterocycles. The number of hydrogen-bond donors (Lipinski definition) is 0. The molecule has 0 fully saturated rings. The summed E-state index contributed by atoms with van der Waals surface area (Å²) in [6.07, 6.45) is 17.1. The van der Waals surface area contributed by atoms with E-state index in [4.69, 9.17) is 18.7 Å². The van der Waals surface area contributed by atoms with Crippen molar-refractivity contribution in [2.45, 2.75) is 149 Å². The molecule has 0 aliphatic rings. The number of halogens is 12. The highest BCUT2D eigenvalue weighted by Crippen LogP contribution is 2.45. The number of benzene rings is 4. The van der Waals surface area contributed by atoms with Gasteiger partial charge in [-0.25, -0.2) is 43.9 Å². The van der Waals surface area contributed by atoms with E-state index in [1.165, 1.54) is 7.11 Å². The first-order valence-electron chi connectivity index (χ1n) is 23.8. The molecule has 0 aromatic heterocycles. The Kier molecular flexibility index (Phi) is 25.2. The molecule has 1 atom stereocenters. The van der Waals surface area contributed by atoms with Gasteiger partial charge in [0.25, 0.3) is 0 Å². The summed E-state index contributed by atoms with van der Waals surface area (Å²) >= 11 is 0. The molecule has 0 spiro atoms. The quantitative estimate of drug-likeness (QED) is 0.00992. The average Bonchev–Trinajstić information content (AvgIpc) is 3.31. The van der Waals surface area contributed by atoms with E-state index < -0.39 is 106 Å². The summed E-state index contributed by atoms with van der Waals surface area (Å²) in [5.74, 6) is -21.8. The lowest BCUT2D eigenvalue weighted by Crippen LogP contribution is -2.64. The Hall–Kier alpha value is -4.58. The van der Waals surface area contributed by atoms with Gasteiger partial charge in [0.1, 0.15) is 22.8 Å². The summed E-state index contributed by atoms with van der Waals surface area (Å²) in [6.45, 7) is 9.35. The van der Waals surface area contributed by atoms with Crippen LogP contribution in [0.4, 0.5) is 52.7 Å². The van der Waals surface area contributed by atoms with Crippen LogP contribution in [0.2, 0.25) is 0 Å². The van der Waals surface area contributed by atoms with Crippen molar-refractivity contribution in [1.82, 2.24) is 0 Å². The Labute approximate surface area is 399 Å². The number of rotatable bonds is 30. The predicted molar refractivity (Wildman–Crippen MR) is 241 cm³/mol. The molecule has 4 aromatic carbocycles. The Morgan fingerprint density at radius 2 is 0.768 bits per heavy atom. The molecular formula is C51H64BF12NO4. The molecule has 384 valence electrons. The monoisotopic (exact) mass is 993 g/mol. The fourth-order valence-corrected chi connectivity index (χ4v) is 8.22. The molecule has 0 heterocycles. The van der Waals surface area contributed by atoms with E-state index in [1.54, 1.807) is 6.92 Å². The Morgan fingerprint density at radius 1 is 0.435 bits per heavy atom. The standard InChI is InChI=1S/C45H62BF9NO4.C6H2F3/c1-6-9-12-15-18-21-24-56(25-22-19-16-13-10-7-2,26-23-20-17-14-11-8-3)45(4,57-5)40-39(31-38(51)43(54)44(40)55)60-46(58-32-27-34(47)41(52)35(48)28-32)59-33-29-36(49)42(53)37(50)30-33;7-4-2-1-3-5(8)6(4)9/h27-31H,6-26H2,1-5H3;2-3H/q+1;-1. The third-order valence-corrected chi connectivity index (χ3v) is 12.2. The Bertz CT molecular complexity index is 2020. The van der Waals surface area contributed by atoms with Crippen molar-refractivity contribution in [2.24, 2.45) is 0 Å². The van der Waals surface area contributed by atoms with E-state index in [9.17, 15) is 39.5 Å². The molecular weight excluding hydrogens is 929 g/mol. The van der Waals surface area contributed by atoms with Crippen LogP contribution >= 0.6 is 0 Å². The first-order valence-corrected chi connectivity index (χ1v) is 23.8. The minimum atomic E-state index is -2.40. The van der Waals surface area contributed by atoms with Gasteiger partial charge < -0.3 is 18.7 Å². The van der Waals surface area contributed by atoms with E-state index in [1.807, 2.05) is 0 Å². The van der Waals surface area contributed by atoms with Crippen LogP contribution in [-0.4, -0.2) is 38.5 Å². The molecule has 4 rings (SSSR count). The van der Waals surface area contributed by atoms with Crippen LogP contribution in [0.3, 0.4) is 0 Å². The molecule has 0 bridgehead atoms. The molecule has 5 nitrogen and oxygen atoms in total. The molecule has 4 aromatic rings. The van der Waals surface area contributed by atoms with Crippen molar-refractivity contribution >= 4 is 7.32 Å². The van der Waals surface area contributed by atoms with Crippen molar-refractivity contribution in [2.75, 3.05) is 26.7 Å². The van der Waals surface area contributed by atoms with Gasteiger partial charge >= 0.3 is 7.32 Å². The second-order valence-electron chi connectivity index (χ2n) is 17.2. The highest BCUT2D eigenvalue weighted by atomic mass is 19.2. The van der Waals surface area contributed by atoms with E-state index >= 15 is 13.2 Å². The summed E-state index contributed by atoms with van der Waals surface area (Å²) in [7, 11) is -1.07. The number of unbranched alkanes of at least 4 members (excludes halogenated alkanes) is 15. The third kappa shape index (κ3) is 17.1. The number of nitrogens with zero attached hydrogens (tertiary/aromatic N) is 1. The molecule has 1 unspecified atom stereocenters. The fourth-order valence-electron chi connectivity index (χ4n) is 8.22. The summed E-state index contributed by atoms with van der Waals surface area (Å²) in [6, 6.07) is 5.68. The van der Waals surface area contributed by atoms with Gasteiger partial charge in [-0.05, 0) is 38.5 Å². The zero-order valence-corrected chi connectivity index (χ0v) is 40.1. The highest BCUT2D eigenvalue weighted by molar-refractivity contribution is 6.39. The van der Waals surface area contributed by atoms with E-state index in [-0.39, 0.29) is 4.48 Å². The summed E-state index contributed by atoms with van der Waals surface area (Å²) in [5.41, 5.74) is -2.37. The van der Waals surface area contributed by atoms with Gasteiger partial charge in [-0.3, -0.25) is 13.3 Å². The minimum Gasteiger partial charge on any atom is -0.489 e. The summed E-state index contributed by atoms with van der Waals surface area (Å²) < 4.78 is 192. The van der Waals surface area contributed by atoms with Crippen molar-refractivity contribution in [1.29, 1.82) is 0 Å². The fraction of sp³-hybridized carbons (Fsp3) is 0.529. The van der Waals surface area contributed by atoms with E-state index in [0.29, 0.717) is 69.2 Å². The molecule has 0 saturated carbocycles. The van der Waals surface area contributed by atoms with Crippen molar-refractivity contribution < 1.29 is 75.9 Å². The average molecular weight is 994 g/mol. The second kappa shape index (κ2) is 29.6. The molecule has 0 N–H and O–H groups in total. The lowest BCUT2D eigenvalue weighted by Gasteiger charge is -2.51. The first kappa shape index (κ1) is 58.7. The molecule has 69 heavy (non-hydrogen) atoms. The summed E-state index contributed by atoms with van der Waals surface area (Å²) in [4.78, 5) is 0. The van der Waals surface area contributed by atoms with Gasteiger partial charge in [0.05, 0.1) is 25.5 Å². The molecule has 0 radical (unpaired) electrons. The van der Waals surface area contributed by atoms with Crippen LogP contribution in [0, 0.1) is 75.9 Å². The minimum absolute atomic E-state index is 0.0896. The molecule has 0 amide bonds. The van der Waals surface area contributed by atoms with Gasteiger partial charge in [0.15, 0.2) is 52.4 Å². The van der Waals surface area contributed by atoms with Gasteiger partial charge in [-0.2, -0.15) is 6.07 Å². The number of ether oxygens (including phenoxy) is 1. The predicted octanol–water partition coefficient (Wildman–Crippen LogP) is 16.1. The topological polar surface area (TPSA) is 36.9 Å². The largest absolute Gasteiger partial charge is 0.864 e. The first-order chi connectivity index (χ1) is 32.9. The van der Waals surface area contributed by atoms with Gasteiger partial charge in [-0.15, -0.1) is 12.1 Å². The van der Waals surface area contributed by atoms with Crippen LogP contribution in [0.5, 0.6) is 17.2 Å². The van der Waals surface area contributed by atoms with Crippen LogP contribution in [-0.2, 0) is 10.5 Å². The van der Waals surface area contributed by atoms with E-state index in [0.717, 1.165) is 108 Å². The van der Waals surface area contributed by atoms with E-state index in [2.05, 4.69) is 26.8 Å². The Morgan fingerprint density at radius 3 is 1.12 bits per heavy atom. The van der Waals surface area contributed by atoms with Gasteiger partial charge in [0, 0.05) is 56.0 Å². The number of hydrogen-bond acceptors (Lipinski definition) is 4. The van der Waals surface area contributed by atoms with Gasteiger partial charge in [0.2, 0.25) is 5.72 Å². The third-order valence-electron chi connectivity index (χ3n) is 12.2. The van der Waals surface area contributed by atoms with Crippen LogP contribution in [0.25, 0.3) is 0 Å². The molecule has 0 aliphatic carbocycles. The second-order valence-corrected chi connectivity index (χ2v) is 17.2. The van der Waals surface area contributed by atoms with Crippen molar-refractivity contribution in [3.05, 3.63) is 124 Å². The molecule has 18 heteroatoms. The smallest absolute Gasteiger partial charge is 0.489 e.